The van der Waals surface area contributed by atoms with Gasteiger partial charge in [0.15, 0.2) is 5.82 Å². The van der Waals surface area contributed by atoms with Crippen molar-refractivity contribution in [2.75, 3.05) is 71.9 Å². The smallest absolute Gasteiger partial charge is 0.254 e. The molecule has 0 saturated carbocycles. The van der Waals surface area contributed by atoms with Crippen molar-refractivity contribution in [2.24, 2.45) is 0 Å². The van der Waals surface area contributed by atoms with Crippen molar-refractivity contribution in [3.8, 4) is 17.0 Å². The predicted molar refractivity (Wildman–Crippen MR) is 144 cm³/mol. The van der Waals surface area contributed by atoms with Crippen LogP contribution in [-0.2, 0) is 4.79 Å². The van der Waals surface area contributed by atoms with E-state index in [0.717, 1.165) is 22.8 Å². The molecule has 9 heteroatoms. The van der Waals surface area contributed by atoms with Gasteiger partial charge >= 0.3 is 0 Å². The van der Waals surface area contributed by atoms with Crippen molar-refractivity contribution < 1.29 is 14.3 Å². The van der Waals surface area contributed by atoms with E-state index in [9.17, 15) is 9.59 Å². The predicted octanol–water partition coefficient (Wildman–Crippen LogP) is 2.50. The number of benzene rings is 2. The van der Waals surface area contributed by atoms with E-state index in [4.69, 9.17) is 4.74 Å². The van der Waals surface area contributed by atoms with Crippen LogP contribution in [0.1, 0.15) is 10.4 Å². The fourth-order valence-corrected chi connectivity index (χ4v) is 4.21. The molecule has 0 spiro atoms. The van der Waals surface area contributed by atoms with Crippen molar-refractivity contribution in [1.82, 2.24) is 24.9 Å². The van der Waals surface area contributed by atoms with Crippen LogP contribution >= 0.6 is 0 Å². The number of aromatic nitrogens is 2. The summed E-state index contributed by atoms with van der Waals surface area (Å²) in [5, 5.41) is 8.82. The molecule has 1 aliphatic heterocycles. The largest absolute Gasteiger partial charge is 0.497 e. The lowest BCUT2D eigenvalue weighted by Gasteiger charge is -2.36. The molecule has 194 valence electrons. The maximum absolute atomic E-state index is 13.1. The van der Waals surface area contributed by atoms with Gasteiger partial charge in [-0.15, -0.1) is 10.2 Å². The van der Waals surface area contributed by atoms with Crippen molar-refractivity contribution in [2.45, 2.75) is 0 Å². The first-order chi connectivity index (χ1) is 17.9. The lowest BCUT2D eigenvalue weighted by atomic mass is 10.1. The topological polar surface area (TPSA) is 82.1 Å². The molecular weight excluding hydrogens is 468 g/mol. The number of anilines is 1. The van der Waals surface area contributed by atoms with Gasteiger partial charge in [0.05, 0.1) is 12.8 Å². The van der Waals surface area contributed by atoms with Crippen LogP contribution in [-0.4, -0.2) is 104 Å². The number of hydrogen-bond acceptors (Lipinski definition) is 7. The summed E-state index contributed by atoms with van der Waals surface area (Å²) in [6, 6.07) is 20.8. The van der Waals surface area contributed by atoms with Gasteiger partial charge in [0.2, 0.25) is 5.91 Å². The molecule has 1 aromatic heterocycles. The maximum atomic E-state index is 13.1. The highest BCUT2D eigenvalue weighted by atomic mass is 16.5. The van der Waals surface area contributed by atoms with Gasteiger partial charge in [0.1, 0.15) is 12.3 Å². The Morgan fingerprint density at radius 1 is 0.892 bits per heavy atom. The number of hydrogen-bond donors (Lipinski definition) is 0. The zero-order valence-corrected chi connectivity index (χ0v) is 21.7. The molecule has 9 nitrogen and oxygen atoms in total. The molecule has 0 bridgehead atoms. The first-order valence-electron chi connectivity index (χ1n) is 12.4. The minimum Gasteiger partial charge on any atom is -0.497 e. The fourth-order valence-electron chi connectivity index (χ4n) is 4.21. The van der Waals surface area contributed by atoms with Gasteiger partial charge in [-0.05, 0) is 50.5 Å². The average molecular weight is 503 g/mol. The van der Waals surface area contributed by atoms with E-state index in [1.54, 1.807) is 24.1 Å². The van der Waals surface area contributed by atoms with E-state index in [1.165, 1.54) is 0 Å². The Kier molecular flexibility index (Phi) is 8.68. The summed E-state index contributed by atoms with van der Waals surface area (Å²) in [7, 11) is 5.55. The van der Waals surface area contributed by atoms with Gasteiger partial charge in [0.25, 0.3) is 5.91 Å². The second-order valence-corrected chi connectivity index (χ2v) is 9.27. The molecule has 2 aromatic carbocycles. The normalized spacial score (nSPS) is 13.5. The Bertz CT molecular complexity index is 1180. The molecule has 0 N–H and O–H groups in total. The van der Waals surface area contributed by atoms with Crippen molar-refractivity contribution in [3.05, 3.63) is 72.3 Å². The number of amides is 2. The molecule has 4 rings (SSSR count). The number of likely N-dealkylation sites (N-methyl/N-ethyl adjacent to an activating group) is 1. The molecule has 1 aliphatic rings. The summed E-state index contributed by atoms with van der Waals surface area (Å²) in [5.41, 5.74) is 2.31. The summed E-state index contributed by atoms with van der Waals surface area (Å²) >= 11 is 0. The van der Waals surface area contributed by atoms with Crippen LogP contribution < -0.4 is 9.64 Å². The second kappa shape index (κ2) is 12.3. The maximum Gasteiger partial charge on any atom is 0.254 e. The van der Waals surface area contributed by atoms with Crippen molar-refractivity contribution in [3.63, 3.8) is 0 Å². The molecule has 2 amide bonds. The third-order valence-corrected chi connectivity index (χ3v) is 6.42. The summed E-state index contributed by atoms with van der Waals surface area (Å²) < 4.78 is 5.30. The third-order valence-electron chi connectivity index (χ3n) is 6.42. The number of carbonyl (C=O) groups excluding carboxylic acids is 2. The minimum absolute atomic E-state index is 0.0397. The lowest BCUT2D eigenvalue weighted by molar-refractivity contribution is -0.132. The first-order valence-corrected chi connectivity index (χ1v) is 12.4. The van der Waals surface area contributed by atoms with Crippen LogP contribution in [0.25, 0.3) is 11.3 Å². The fraction of sp³-hybridized carbons (Fsp3) is 0.357. The molecule has 2 heterocycles. The monoisotopic (exact) mass is 502 g/mol. The van der Waals surface area contributed by atoms with Gasteiger partial charge < -0.3 is 24.3 Å². The Morgan fingerprint density at radius 3 is 2.30 bits per heavy atom. The van der Waals surface area contributed by atoms with Crippen LogP contribution in [0.15, 0.2) is 66.7 Å². The van der Waals surface area contributed by atoms with E-state index in [2.05, 4.69) is 15.1 Å². The molecule has 0 atom stereocenters. The molecule has 0 radical (unpaired) electrons. The summed E-state index contributed by atoms with van der Waals surface area (Å²) in [5.74, 6) is 1.39. The molecule has 37 heavy (non-hydrogen) atoms. The molecular formula is C28H34N6O3. The SMILES string of the molecule is COc1cccc(-c2ccc(N3CCN(C(=O)CN(CCN(C)C)C(=O)c4ccccc4)CC3)nn2)c1. The van der Waals surface area contributed by atoms with Crippen LogP contribution in [0.3, 0.4) is 0 Å². The number of methoxy groups -OCH3 is 1. The van der Waals surface area contributed by atoms with E-state index in [-0.39, 0.29) is 18.4 Å². The Morgan fingerprint density at radius 2 is 1.65 bits per heavy atom. The highest BCUT2D eigenvalue weighted by molar-refractivity contribution is 5.96. The zero-order chi connectivity index (χ0) is 26.2. The Balaban J connectivity index is 1.34. The highest BCUT2D eigenvalue weighted by Gasteiger charge is 2.26. The van der Waals surface area contributed by atoms with E-state index >= 15 is 0 Å². The first kappa shape index (κ1) is 26.1. The summed E-state index contributed by atoms with van der Waals surface area (Å²) in [6.07, 6.45) is 0. The molecule has 0 aliphatic carbocycles. The van der Waals surface area contributed by atoms with Crippen LogP contribution in [0, 0.1) is 0 Å². The highest BCUT2D eigenvalue weighted by Crippen LogP contribution is 2.23. The van der Waals surface area contributed by atoms with Gasteiger partial charge in [-0.2, -0.15) is 0 Å². The number of carbonyl (C=O) groups is 2. The van der Waals surface area contributed by atoms with Crippen LogP contribution in [0.5, 0.6) is 5.75 Å². The summed E-state index contributed by atoms with van der Waals surface area (Å²) in [4.78, 5) is 33.8. The third kappa shape index (κ3) is 6.83. The molecule has 0 unspecified atom stereocenters. The van der Waals surface area contributed by atoms with Crippen molar-refractivity contribution in [1.29, 1.82) is 0 Å². The number of piperazine rings is 1. The van der Waals surface area contributed by atoms with E-state index in [1.807, 2.05) is 78.5 Å². The summed E-state index contributed by atoms with van der Waals surface area (Å²) in [6.45, 7) is 3.69. The van der Waals surface area contributed by atoms with Crippen molar-refractivity contribution >= 4 is 17.6 Å². The van der Waals surface area contributed by atoms with Gasteiger partial charge in [0, 0.05) is 50.4 Å². The van der Waals surface area contributed by atoms with E-state index < -0.39 is 0 Å². The zero-order valence-electron chi connectivity index (χ0n) is 21.7. The molecule has 1 fully saturated rings. The van der Waals surface area contributed by atoms with Gasteiger partial charge in [-0.1, -0.05) is 30.3 Å². The van der Waals surface area contributed by atoms with Crippen LogP contribution in [0.4, 0.5) is 5.82 Å². The standard InChI is InChI=1S/C28H34N6O3/c1-31(2)14-15-34(28(36)22-8-5-4-6-9-22)21-27(35)33-18-16-32(17-19-33)26-13-12-25(29-30-26)23-10-7-11-24(20-23)37-3/h4-13,20H,14-19,21H2,1-3H3. The lowest BCUT2D eigenvalue weighted by Crippen LogP contribution is -2.52. The molecule has 3 aromatic rings. The number of rotatable bonds is 9. The minimum atomic E-state index is -0.124. The van der Waals surface area contributed by atoms with E-state index in [0.29, 0.717) is 44.8 Å². The second-order valence-electron chi connectivity index (χ2n) is 9.27. The number of ether oxygens (including phenoxy) is 1. The number of nitrogens with zero attached hydrogens (tertiary/aromatic N) is 6. The molecule has 1 saturated heterocycles. The van der Waals surface area contributed by atoms with Gasteiger partial charge in [-0.3, -0.25) is 9.59 Å². The Hall–Kier alpha value is -3.98. The Labute approximate surface area is 218 Å². The quantitative estimate of drug-likeness (QED) is 0.445. The average Bonchev–Trinajstić information content (AvgIpc) is 2.95. The van der Waals surface area contributed by atoms with Crippen LogP contribution in [0.2, 0.25) is 0 Å². The van der Waals surface area contributed by atoms with Gasteiger partial charge in [-0.25, -0.2) is 0 Å².